The summed E-state index contributed by atoms with van der Waals surface area (Å²) in [6.45, 7) is 2.06. The lowest BCUT2D eigenvalue weighted by atomic mass is 10.1. The van der Waals surface area contributed by atoms with Crippen LogP contribution in [0.3, 0.4) is 0 Å². The molecule has 1 aromatic carbocycles. The summed E-state index contributed by atoms with van der Waals surface area (Å²) >= 11 is 0. The molecule has 1 heterocycles. The van der Waals surface area contributed by atoms with E-state index < -0.39 is 0 Å². The Hall–Kier alpha value is -1.64. The number of fused-ring (bicyclic) bond motifs is 1. The van der Waals surface area contributed by atoms with Gasteiger partial charge in [-0.3, -0.25) is 4.79 Å². The molecule has 0 N–H and O–H groups in total. The number of benzene rings is 1. The summed E-state index contributed by atoms with van der Waals surface area (Å²) in [6.07, 6.45) is 4.93. The molecule has 1 saturated heterocycles. The van der Waals surface area contributed by atoms with E-state index >= 15 is 0 Å². The van der Waals surface area contributed by atoms with E-state index in [1.807, 2.05) is 6.20 Å². The van der Waals surface area contributed by atoms with Gasteiger partial charge in [-0.05, 0) is 36.6 Å². The summed E-state index contributed by atoms with van der Waals surface area (Å²) in [5, 5.41) is 0. The van der Waals surface area contributed by atoms with E-state index in [9.17, 15) is 9.18 Å². The second-order valence-corrected chi connectivity index (χ2v) is 4.70. The van der Waals surface area contributed by atoms with Crippen molar-refractivity contribution in [2.45, 2.75) is 19.3 Å². The van der Waals surface area contributed by atoms with Crippen LogP contribution in [0.4, 0.5) is 4.39 Å². The minimum Gasteiger partial charge on any atom is -0.377 e. The highest BCUT2D eigenvalue weighted by atomic mass is 19.1. The minimum absolute atomic E-state index is 0.0619. The van der Waals surface area contributed by atoms with Crippen LogP contribution in [0.2, 0.25) is 0 Å². The van der Waals surface area contributed by atoms with E-state index in [1.54, 1.807) is 6.07 Å². The van der Waals surface area contributed by atoms with Gasteiger partial charge in [-0.1, -0.05) is 0 Å². The van der Waals surface area contributed by atoms with Crippen molar-refractivity contribution in [1.82, 2.24) is 4.90 Å². The van der Waals surface area contributed by atoms with Crippen LogP contribution in [0, 0.1) is 5.82 Å². The van der Waals surface area contributed by atoms with Gasteiger partial charge in [0.1, 0.15) is 5.82 Å². The van der Waals surface area contributed by atoms with Gasteiger partial charge in [0.2, 0.25) is 0 Å². The quantitative estimate of drug-likeness (QED) is 0.692. The van der Waals surface area contributed by atoms with E-state index in [0.717, 1.165) is 24.2 Å². The highest BCUT2D eigenvalue weighted by Crippen LogP contribution is 2.27. The molecule has 3 rings (SSSR count). The Labute approximate surface area is 99.7 Å². The topological polar surface area (TPSA) is 20.3 Å². The molecule has 0 spiro atoms. The molecule has 2 aliphatic rings. The first-order valence-corrected chi connectivity index (χ1v) is 6.02. The van der Waals surface area contributed by atoms with Gasteiger partial charge in [-0.15, -0.1) is 0 Å². The highest BCUT2D eigenvalue weighted by Gasteiger charge is 2.26. The SMILES string of the molecule is O=C1/C(=C/N2CCCC2)Cc2cc(F)ccc21. The predicted octanol–water partition coefficient (Wildman–Crippen LogP) is 2.54. The van der Waals surface area contributed by atoms with Gasteiger partial charge in [0, 0.05) is 36.8 Å². The van der Waals surface area contributed by atoms with Crippen LogP contribution < -0.4 is 0 Å². The van der Waals surface area contributed by atoms with Gasteiger partial charge >= 0.3 is 0 Å². The number of carbonyl (C=O) groups is 1. The van der Waals surface area contributed by atoms with Gasteiger partial charge in [0.05, 0.1) is 0 Å². The molecule has 1 fully saturated rings. The molecule has 88 valence electrons. The summed E-state index contributed by atoms with van der Waals surface area (Å²) in [5.74, 6) is -0.203. The van der Waals surface area contributed by atoms with Gasteiger partial charge in [-0.2, -0.15) is 0 Å². The first-order chi connectivity index (χ1) is 8.24. The third-order valence-electron chi connectivity index (χ3n) is 3.46. The van der Waals surface area contributed by atoms with Crippen molar-refractivity contribution in [3.63, 3.8) is 0 Å². The summed E-state index contributed by atoms with van der Waals surface area (Å²) < 4.78 is 13.1. The van der Waals surface area contributed by atoms with Crippen LogP contribution >= 0.6 is 0 Å². The van der Waals surface area contributed by atoms with E-state index in [1.165, 1.54) is 25.0 Å². The average Bonchev–Trinajstić information content (AvgIpc) is 2.89. The molecule has 1 aliphatic carbocycles. The number of ketones is 1. The number of likely N-dealkylation sites (tertiary alicyclic amines) is 1. The lowest BCUT2D eigenvalue weighted by molar-refractivity contribution is 0.103. The van der Waals surface area contributed by atoms with Crippen LogP contribution in [0.15, 0.2) is 30.0 Å². The monoisotopic (exact) mass is 231 g/mol. The molecule has 0 aromatic heterocycles. The Kier molecular flexibility index (Phi) is 2.46. The molecule has 0 bridgehead atoms. The van der Waals surface area contributed by atoms with Crippen LogP contribution in [-0.2, 0) is 6.42 Å². The van der Waals surface area contributed by atoms with Crippen molar-refractivity contribution in [2.75, 3.05) is 13.1 Å². The fraction of sp³-hybridized carbons (Fsp3) is 0.357. The summed E-state index contributed by atoms with van der Waals surface area (Å²) in [5.41, 5.74) is 2.28. The number of hydrogen-bond acceptors (Lipinski definition) is 2. The summed E-state index contributed by atoms with van der Waals surface area (Å²) in [7, 11) is 0. The Morgan fingerprint density at radius 3 is 2.76 bits per heavy atom. The van der Waals surface area contributed by atoms with Crippen LogP contribution in [0.25, 0.3) is 0 Å². The fourth-order valence-electron chi connectivity index (χ4n) is 2.58. The molecule has 0 atom stereocenters. The van der Waals surface area contributed by atoms with Crippen LogP contribution in [-0.4, -0.2) is 23.8 Å². The fourth-order valence-corrected chi connectivity index (χ4v) is 2.58. The molecule has 3 heteroatoms. The maximum Gasteiger partial charge on any atom is 0.191 e. The Balaban J connectivity index is 1.90. The number of rotatable bonds is 1. The van der Waals surface area contributed by atoms with Crippen molar-refractivity contribution >= 4 is 5.78 Å². The van der Waals surface area contributed by atoms with E-state index in [-0.39, 0.29) is 11.6 Å². The molecule has 1 aliphatic heterocycles. The van der Waals surface area contributed by atoms with Crippen molar-refractivity contribution < 1.29 is 9.18 Å². The molecular weight excluding hydrogens is 217 g/mol. The minimum atomic E-state index is -0.265. The first kappa shape index (κ1) is 10.5. The van der Waals surface area contributed by atoms with Gasteiger partial charge in [0.25, 0.3) is 0 Å². The maximum absolute atomic E-state index is 13.1. The number of allylic oxidation sites excluding steroid dienone is 1. The zero-order chi connectivity index (χ0) is 11.8. The summed E-state index contributed by atoms with van der Waals surface area (Å²) in [4.78, 5) is 14.3. The van der Waals surface area contributed by atoms with E-state index in [4.69, 9.17) is 0 Å². The molecule has 17 heavy (non-hydrogen) atoms. The largest absolute Gasteiger partial charge is 0.377 e. The van der Waals surface area contributed by atoms with Crippen LogP contribution in [0.1, 0.15) is 28.8 Å². The molecule has 0 radical (unpaired) electrons. The van der Waals surface area contributed by atoms with Crippen molar-refractivity contribution in [3.8, 4) is 0 Å². The first-order valence-electron chi connectivity index (χ1n) is 6.02. The third kappa shape index (κ3) is 1.86. The smallest absolute Gasteiger partial charge is 0.191 e. The standard InChI is InChI=1S/C14H14FNO/c15-12-3-4-13-10(8-12)7-11(14(13)17)9-16-5-1-2-6-16/h3-4,8-9H,1-2,5-7H2/b11-9+. The zero-order valence-corrected chi connectivity index (χ0v) is 9.58. The molecule has 2 nitrogen and oxygen atoms in total. The second kappa shape index (κ2) is 3.99. The third-order valence-corrected chi connectivity index (χ3v) is 3.46. The van der Waals surface area contributed by atoms with Crippen molar-refractivity contribution in [2.24, 2.45) is 0 Å². The number of carbonyl (C=O) groups excluding carboxylic acids is 1. The van der Waals surface area contributed by atoms with Gasteiger partial charge in [-0.25, -0.2) is 4.39 Å². The number of halogens is 1. The van der Waals surface area contributed by atoms with Gasteiger partial charge in [0.15, 0.2) is 5.78 Å². The Bertz CT molecular complexity index is 501. The molecule has 0 unspecified atom stereocenters. The number of nitrogens with zero attached hydrogens (tertiary/aromatic N) is 1. The average molecular weight is 231 g/mol. The maximum atomic E-state index is 13.1. The van der Waals surface area contributed by atoms with Gasteiger partial charge < -0.3 is 4.90 Å². The molecule has 1 aromatic rings. The number of Topliss-reactive ketones (excluding diaryl/α,β-unsaturated/α-hetero) is 1. The number of hydrogen-bond donors (Lipinski definition) is 0. The Morgan fingerprint density at radius 1 is 1.24 bits per heavy atom. The van der Waals surface area contributed by atoms with E-state index in [0.29, 0.717) is 12.0 Å². The van der Waals surface area contributed by atoms with Crippen LogP contribution in [0.5, 0.6) is 0 Å². The van der Waals surface area contributed by atoms with Crippen molar-refractivity contribution in [1.29, 1.82) is 0 Å². The zero-order valence-electron chi connectivity index (χ0n) is 9.58. The lowest BCUT2D eigenvalue weighted by Crippen LogP contribution is -2.13. The van der Waals surface area contributed by atoms with Crippen molar-refractivity contribution in [3.05, 3.63) is 46.9 Å². The normalized spacial score (nSPS) is 21.4. The summed E-state index contributed by atoms with van der Waals surface area (Å²) in [6, 6.07) is 4.42. The Morgan fingerprint density at radius 2 is 2.00 bits per heavy atom. The molecular formula is C14H14FNO. The lowest BCUT2D eigenvalue weighted by Gasteiger charge is -2.11. The molecule has 0 amide bonds. The molecule has 0 saturated carbocycles. The highest BCUT2D eigenvalue weighted by molar-refractivity contribution is 6.13. The predicted molar refractivity (Wildman–Crippen MR) is 63.3 cm³/mol. The second-order valence-electron chi connectivity index (χ2n) is 4.70. The van der Waals surface area contributed by atoms with E-state index in [2.05, 4.69) is 4.90 Å².